The molecule has 1 aromatic heterocycles. The summed E-state index contributed by atoms with van der Waals surface area (Å²) in [5.74, 6) is 1.48. The molecule has 18 nitrogen and oxygen atoms in total. The van der Waals surface area contributed by atoms with Crippen LogP contribution in [-0.2, 0) is 45.6 Å². The third-order valence-electron chi connectivity index (χ3n) is 7.79. The van der Waals surface area contributed by atoms with E-state index in [2.05, 4.69) is 55.5 Å². The number of nitrogens with two attached hydrogens (primary N) is 1. The Hall–Kier alpha value is -5.77. The molecule has 65 heavy (non-hydrogen) atoms. The van der Waals surface area contributed by atoms with Gasteiger partial charge in [0.25, 0.3) is 0 Å². The maximum Gasteiger partial charge on any atom is 0.319 e. The highest BCUT2D eigenvalue weighted by Crippen LogP contribution is 2.06. The number of rotatable bonds is 1. The molecule has 0 radical (unpaired) electrons. The van der Waals surface area contributed by atoms with Crippen molar-refractivity contribution in [3.8, 4) is 6.07 Å². The summed E-state index contributed by atoms with van der Waals surface area (Å²) in [7, 11) is 10.1. The van der Waals surface area contributed by atoms with Gasteiger partial charge in [-0.25, -0.2) is 13.2 Å². The van der Waals surface area contributed by atoms with Crippen molar-refractivity contribution >= 4 is 45.2 Å². The van der Waals surface area contributed by atoms with Gasteiger partial charge in [0.2, 0.25) is 17.7 Å². The minimum atomic E-state index is -2.67. The SMILES string of the molecule is C=C1OCCN1C.CC#N.CC(=O)C(C)C.CC(=O)N(C)C.CC(C)=O.CC(N)=O.CN1CCCC1=O.CN1CCN(C)C1=O.CS(C)(=O)=O.Cc1ccccc1C.Cc1ccnn1C. The number of carbonyl (C=O) groups excluding carboxylic acids is 6. The van der Waals surface area contributed by atoms with Gasteiger partial charge in [0, 0.05) is 126 Å². The Labute approximate surface area is 392 Å². The molecular weight excluding hydrogens is 855 g/mol. The van der Waals surface area contributed by atoms with Crippen LogP contribution >= 0.6 is 0 Å². The van der Waals surface area contributed by atoms with Crippen molar-refractivity contribution < 1.29 is 41.9 Å². The van der Waals surface area contributed by atoms with Gasteiger partial charge >= 0.3 is 6.03 Å². The number of hydrogen-bond acceptors (Lipinski definition) is 12. The van der Waals surface area contributed by atoms with Crippen molar-refractivity contribution in [2.75, 3.05) is 87.6 Å². The van der Waals surface area contributed by atoms with E-state index in [1.807, 2.05) is 71.7 Å². The number of nitriles is 1. The molecule has 5 amide bonds. The minimum absolute atomic E-state index is 0.0926. The molecule has 5 rings (SSSR count). The van der Waals surface area contributed by atoms with Crippen molar-refractivity contribution in [1.82, 2.24) is 34.3 Å². The number of aryl methyl sites for hydroxylation is 4. The van der Waals surface area contributed by atoms with E-state index in [-0.39, 0.29) is 35.3 Å². The second-order valence-electron chi connectivity index (χ2n) is 15.5. The average Bonchev–Trinajstić information content (AvgIpc) is 3.93. The smallest absolute Gasteiger partial charge is 0.319 e. The predicted octanol–water partition coefficient (Wildman–Crippen LogP) is 5.28. The van der Waals surface area contributed by atoms with Crippen LogP contribution in [-0.4, -0.2) is 166 Å². The number of urea groups is 1. The number of aromatic nitrogens is 2. The molecule has 0 bridgehead atoms. The summed E-state index contributed by atoms with van der Waals surface area (Å²) in [4.78, 5) is 68.8. The number of Topliss-reactive ketones (excluding diaryl/α,β-unsaturated/α-hetero) is 2. The summed E-state index contributed by atoms with van der Waals surface area (Å²) in [6.07, 6.45) is 5.92. The summed E-state index contributed by atoms with van der Waals surface area (Å²) in [6.45, 7) is 27.1. The average molecular weight is 940 g/mol. The van der Waals surface area contributed by atoms with Gasteiger partial charge in [-0.3, -0.25) is 23.9 Å². The van der Waals surface area contributed by atoms with E-state index in [1.165, 1.54) is 56.3 Å². The van der Waals surface area contributed by atoms with Gasteiger partial charge in [0.1, 0.15) is 28.0 Å². The van der Waals surface area contributed by atoms with E-state index in [0.717, 1.165) is 64.0 Å². The lowest BCUT2D eigenvalue weighted by Gasteiger charge is -2.07. The van der Waals surface area contributed by atoms with Gasteiger partial charge < -0.3 is 39.8 Å². The molecule has 3 fully saturated rings. The fraction of sp³-hybridized carbons (Fsp3) is 0.609. The lowest BCUT2D eigenvalue weighted by atomic mass is 10.1. The Morgan fingerprint density at radius 1 is 0.815 bits per heavy atom. The fourth-order valence-electron chi connectivity index (χ4n) is 3.20. The van der Waals surface area contributed by atoms with E-state index < -0.39 is 9.84 Å². The van der Waals surface area contributed by atoms with Crippen molar-refractivity contribution in [3.63, 3.8) is 0 Å². The lowest BCUT2D eigenvalue weighted by Crippen LogP contribution is -2.25. The molecule has 2 N–H and O–H groups in total. The summed E-state index contributed by atoms with van der Waals surface area (Å²) < 4.78 is 26.1. The van der Waals surface area contributed by atoms with Crippen LogP contribution in [0.5, 0.6) is 0 Å². The van der Waals surface area contributed by atoms with Gasteiger partial charge in [-0.05, 0) is 71.7 Å². The van der Waals surface area contributed by atoms with E-state index in [9.17, 15) is 37.2 Å². The number of benzene rings is 1. The fourth-order valence-corrected chi connectivity index (χ4v) is 3.20. The minimum Gasteiger partial charge on any atom is -0.478 e. The number of hydrogen-bond donors (Lipinski definition) is 1. The summed E-state index contributed by atoms with van der Waals surface area (Å²) in [5, 5.41) is 11.3. The van der Waals surface area contributed by atoms with Gasteiger partial charge in [0.05, 0.1) is 12.6 Å². The largest absolute Gasteiger partial charge is 0.478 e. The van der Waals surface area contributed by atoms with Crippen LogP contribution in [0.25, 0.3) is 0 Å². The highest BCUT2D eigenvalue weighted by atomic mass is 32.2. The molecule has 3 aliphatic rings. The van der Waals surface area contributed by atoms with Gasteiger partial charge in [-0.15, -0.1) is 0 Å². The Morgan fingerprint density at radius 3 is 1.26 bits per heavy atom. The Balaban J connectivity index is -0.000000149. The normalized spacial score (nSPS) is 12.5. The zero-order chi connectivity index (χ0) is 52.6. The monoisotopic (exact) mass is 940 g/mol. The quantitative estimate of drug-likeness (QED) is 0.385. The standard InChI is InChI=1S/C8H10.C5H10N2O.C5H8N2.2C5H9NO.C5H10O.C4H9NO.C3H6O.C2H5NO.C2H3N.C2H6O2S/c1-7-5-3-4-6-8(7)2;1-6-3-4-7(2)5(6)8;1-5-3-4-6-7(5)2;1-5-6(2)3-4-7-5;1-6-4-2-3-5(6)7;1-4(2)5(3)6;1-4(6)5(2)3;1-3(2)4;1-2(3)4;1-2-3;1-5(2,3)4/h3-6H,1-2H3;3-4H2,1-2H3;3-4H,1-2H3;1,3-4H2,2H3;2-4H2,1H3;4H,1-3H3;1-3H3;1-2H3;1H3,(H2,3,4);1H3;1-2H3. The van der Waals surface area contributed by atoms with E-state index in [1.54, 1.807) is 48.0 Å². The number of likely N-dealkylation sites (tertiary alicyclic amines) is 1. The van der Waals surface area contributed by atoms with Crippen LogP contribution in [0.2, 0.25) is 0 Å². The number of carbonyl (C=O) groups is 6. The van der Waals surface area contributed by atoms with Crippen molar-refractivity contribution in [3.05, 3.63) is 65.8 Å². The van der Waals surface area contributed by atoms with Crippen molar-refractivity contribution in [1.29, 1.82) is 5.26 Å². The third kappa shape index (κ3) is 58.2. The Kier molecular flexibility index (Phi) is 46.0. The van der Waals surface area contributed by atoms with Crippen LogP contribution < -0.4 is 5.73 Å². The number of amides is 5. The van der Waals surface area contributed by atoms with Gasteiger partial charge in [0.15, 0.2) is 5.88 Å². The first-order chi connectivity index (χ1) is 29.6. The number of nitrogens with zero attached hydrogens (tertiary/aromatic N) is 8. The highest BCUT2D eigenvalue weighted by molar-refractivity contribution is 7.89. The first-order valence-electron chi connectivity index (χ1n) is 20.7. The molecule has 3 saturated heterocycles. The topological polar surface area (TPSA) is 230 Å². The summed E-state index contributed by atoms with van der Waals surface area (Å²) in [6, 6.07) is 12.2. The molecule has 0 spiro atoms. The maximum atomic E-state index is 10.8. The highest BCUT2D eigenvalue weighted by Gasteiger charge is 2.20. The second-order valence-corrected chi connectivity index (χ2v) is 17.7. The predicted molar refractivity (Wildman–Crippen MR) is 262 cm³/mol. The van der Waals surface area contributed by atoms with Gasteiger partial charge in [-0.1, -0.05) is 38.1 Å². The molecule has 1 aromatic carbocycles. The third-order valence-corrected chi connectivity index (χ3v) is 7.79. The molecule has 19 heteroatoms. The number of sulfone groups is 1. The zero-order valence-corrected chi connectivity index (χ0v) is 44.3. The van der Waals surface area contributed by atoms with E-state index in [4.69, 9.17) is 10.00 Å². The number of primary amides is 1. The van der Waals surface area contributed by atoms with Crippen LogP contribution in [0.4, 0.5) is 4.79 Å². The maximum absolute atomic E-state index is 10.8. The molecule has 0 unspecified atom stereocenters. The van der Waals surface area contributed by atoms with Gasteiger partial charge in [-0.2, -0.15) is 10.4 Å². The molecule has 0 saturated carbocycles. The zero-order valence-electron chi connectivity index (χ0n) is 43.4. The molecule has 3 aliphatic heterocycles. The molecule has 374 valence electrons. The molecular formula is C46H85N9O9S. The second kappa shape index (κ2) is 42.2. The first-order valence-corrected chi connectivity index (χ1v) is 23.0. The molecule has 4 heterocycles. The van der Waals surface area contributed by atoms with E-state index in [0.29, 0.717) is 5.91 Å². The number of likely N-dealkylation sites (N-methyl/N-ethyl adjacent to an activating group) is 3. The lowest BCUT2D eigenvalue weighted by molar-refractivity contribution is -0.127. The molecule has 2 aromatic rings. The Morgan fingerprint density at radius 2 is 1.17 bits per heavy atom. The van der Waals surface area contributed by atoms with Crippen molar-refractivity contribution in [2.24, 2.45) is 18.7 Å². The van der Waals surface area contributed by atoms with Crippen LogP contribution in [0, 0.1) is 38.0 Å². The summed E-state index contributed by atoms with van der Waals surface area (Å²) in [5.41, 5.74) is 8.40. The first kappa shape index (κ1) is 70.9. The van der Waals surface area contributed by atoms with Crippen molar-refractivity contribution in [2.45, 2.75) is 89.0 Å². The summed E-state index contributed by atoms with van der Waals surface area (Å²) >= 11 is 0. The van der Waals surface area contributed by atoms with Crippen LogP contribution in [0.15, 0.2) is 49.0 Å². The molecule has 0 atom stereocenters. The van der Waals surface area contributed by atoms with Crippen LogP contribution in [0.1, 0.15) is 85.1 Å². The number of ether oxygens (including phenoxy) is 1. The molecule has 0 aliphatic carbocycles. The van der Waals surface area contributed by atoms with Crippen LogP contribution in [0.3, 0.4) is 0 Å². The number of ketones is 2. The Bertz CT molecular complexity index is 1690. The van der Waals surface area contributed by atoms with E-state index >= 15 is 0 Å².